The van der Waals surface area contributed by atoms with Gasteiger partial charge in [0.25, 0.3) is 0 Å². The fourth-order valence-corrected chi connectivity index (χ4v) is 1.61. The van der Waals surface area contributed by atoms with E-state index in [2.05, 4.69) is 0 Å². The van der Waals surface area contributed by atoms with Crippen molar-refractivity contribution in [1.29, 1.82) is 0 Å². The second kappa shape index (κ2) is 7.94. The van der Waals surface area contributed by atoms with Crippen molar-refractivity contribution in [2.75, 3.05) is 6.54 Å². The van der Waals surface area contributed by atoms with Crippen LogP contribution in [0, 0.1) is 0 Å². The Morgan fingerprint density at radius 3 is 2.60 bits per heavy atom. The minimum atomic E-state index is 0. The third-order valence-corrected chi connectivity index (χ3v) is 2.48. The maximum absolute atomic E-state index is 6.01. The van der Waals surface area contributed by atoms with Crippen LogP contribution >= 0.6 is 24.0 Å². The van der Waals surface area contributed by atoms with Gasteiger partial charge in [0.05, 0.1) is 0 Å². The zero-order valence-corrected chi connectivity index (χ0v) is 10.2. The smallest absolute Gasteiger partial charge is 0.0409 e. The van der Waals surface area contributed by atoms with Crippen LogP contribution < -0.4 is 11.5 Å². The van der Waals surface area contributed by atoms with Crippen LogP contribution in [0.4, 0.5) is 0 Å². The Labute approximate surface area is 102 Å². The maximum atomic E-state index is 6.01. The van der Waals surface area contributed by atoms with Gasteiger partial charge in [-0.25, -0.2) is 0 Å². The van der Waals surface area contributed by atoms with Crippen LogP contribution in [-0.2, 0) is 0 Å². The van der Waals surface area contributed by atoms with Gasteiger partial charge >= 0.3 is 0 Å². The minimum absolute atomic E-state index is 0. The highest BCUT2D eigenvalue weighted by atomic mass is 35.5. The van der Waals surface area contributed by atoms with E-state index in [0.717, 1.165) is 36.4 Å². The number of nitrogens with two attached hydrogens (primary N) is 2. The summed E-state index contributed by atoms with van der Waals surface area (Å²) in [5, 5.41) is 0.747. The quantitative estimate of drug-likeness (QED) is 0.788. The molecular formula is C11H18Cl2N2. The molecule has 0 spiro atoms. The van der Waals surface area contributed by atoms with E-state index in [0.29, 0.717) is 0 Å². The highest BCUT2D eigenvalue weighted by Crippen LogP contribution is 2.19. The monoisotopic (exact) mass is 248 g/mol. The molecule has 0 fully saturated rings. The van der Waals surface area contributed by atoms with Crippen molar-refractivity contribution >= 4 is 24.0 Å². The van der Waals surface area contributed by atoms with E-state index in [9.17, 15) is 0 Å². The Balaban J connectivity index is 0.00000196. The summed E-state index contributed by atoms with van der Waals surface area (Å²) in [7, 11) is 0. The average molecular weight is 249 g/mol. The second-order valence-corrected chi connectivity index (χ2v) is 3.88. The van der Waals surface area contributed by atoms with E-state index in [4.69, 9.17) is 23.1 Å². The van der Waals surface area contributed by atoms with Crippen molar-refractivity contribution in [2.24, 2.45) is 11.5 Å². The molecule has 0 aromatic heterocycles. The summed E-state index contributed by atoms with van der Waals surface area (Å²) in [6.45, 7) is 0.738. The Kier molecular flexibility index (Phi) is 7.79. The molecule has 0 amide bonds. The number of hydrogen-bond acceptors (Lipinski definition) is 2. The van der Waals surface area contributed by atoms with Crippen LogP contribution in [-0.4, -0.2) is 6.54 Å². The molecule has 4 N–H and O–H groups in total. The average Bonchev–Trinajstić information content (AvgIpc) is 2.18. The van der Waals surface area contributed by atoms with Crippen LogP contribution in [0.5, 0.6) is 0 Å². The Morgan fingerprint density at radius 1 is 1.27 bits per heavy atom. The van der Waals surface area contributed by atoms with Crippen LogP contribution in [0.2, 0.25) is 5.02 Å². The molecule has 0 aliphatic carbocycles. The number of benzene rings is 1. The molecule has 0 aliphatic rings. The zero-order valence-electron chi connectivity index (χ0n) is 8.66. The Bertz CT molecular complexity index is 279. The molecule has 0 saturated carbocycles. The van der Waals surface area contributed by atoms with E-state index in [1.165, 1.54) is 0 Å². The molecular weight excluding hydrogens is 231 g/mol. The molecule has 0 radical (unpaired) electrons. The van der Waals surface area contributed by atoms with Crippen LogP contribution in [0.3, 0.4) is 0 Å². The maximum Gasteiger partial charge on any atom is 0.0409 e. The molecule has 2 nitrogen and oxygen atoms in total. The van der Waals surface area contributed by atoms with Crippen molar-refractivity contribution in [3.63, 3.8) is 0 Å². The lowest BCUT2D eigenvalue weighted by atomic mass is 10.0. The standard InChI is InChI=1S/C11H17ClN2.ClH/c12-10-5-3-4-9(8-10)11(14)6-1-2-7-13;/h3-5,8,11H,1-2,6-7,13-14H2;1H/t11-;/m1./s1. The highest BCUT2D eigenvalue weighted by molar-refractivity contribution is 6.30. The lowest BCUT2D eigenvalue weighted by Gasteiger charge is -2.11. The summed E-state index contributed by atoms with van der Waals surface area (Å²) in [5.41, 5.74) is 12.5. The molecule has 0 bridgehead atoms. The fourth-order valence-electron chi connectivity index (χ4n) is 1.41. The lowest BCUT2D eigenvalue weighted by Crippen LogP contribution is -2.10. The molecule has 4 heteroatoms. The zero-order chi connectivity index (χ0) is 10.4. The summed E-state index contributed by atoms with van der Waals surface area (Å²) < 4.78 is 0. The molecule has 1 aromatic carbocycles. The van der Waals surface area contributed by atoms with E-state index in [-0.39, 0.29) is 18.4 Å². The lowest BCUT2D eigenvalue weighted by molar-refractivity contribution is 0.591. The highest BCUT2D eigenvalue weighted by Gasteiger charge is 2.05. The van der Waals surface area contributed by atoms with Crippen molar-refractivity contribution in [2.45, 2.75) is 25.3 Å². The Hall–Kier alpha value is -0.280. The van der Waals surface area contributed by atoms with Gasteiger partial charge < -0.3 is 11.5 Å². The van der Waals surface area contributed by atoms with Gasteiger partial charge in [0.15, 0.2) is 0 Å². The van der Waals surface area contributed by atoms with Gasteiger partial charge in [-0.15, -0.1) is 12.4 Å². The normalized spacial score (nSPS) is 11.9. The van der Waals surface area contributed by atoms with E-state index < -0.39 is 0 Å². The van der Waals surface area contributed by atoms with Gasteiger partial charge in [0.2, 0.25) is 0 Å². The number of rotatable bonds is 5. The van der Waals surface area contributed by atoms with Crippen LogP contribution in [0.1, 0.15) is 30.9 Å². The first kappa shape index (κ1) is 14.7. The van der Waals surface area contributed by atoms with Gasteiger partial charge in [-0.2, -0.15) is 0 Å². The third kappa shape index (κ3) is 5.38. The summed E-state index contributed by atoms with van der Waals surface area (Å²) in [5.74, 6) is 0. The van der Waals surface area contributed by atoms with Gasteiger partial charge in [-0.3, -0.25) is 0 Å². The van der Waals surface area contributed by atoms with E-state index in [1.807, 2.05) is 24.3 Å². The van der Waals surface area contributed by atoms with Gasteiger partial charge in [-0.1, -0.05) is 30.2 Å². The molecule has 15 heavy (non-hydrogen) atoms. The van der Waals surface area contributed by atoms with Crippen molar-refractivity contribution in [3.05, 3.63) is 34.9 Å². The molecule has 1 atom stereocenters. The molecule has 1 rings (SSSR count). The molecule has 0 heterocycles. The molecule has 0 unspecified atom stereocenters. The molecule has 0 aliphatic heterocycles. The van der Waals surface area contributed by atoms with Crippen molar-refractivity contribution < 1.29 is 0 Å². The number of halogens is 2. The van der Waals surface area contributed by atoms with Gasteiger partial charge in [-0.05, 0) is 37.1 Å². The van der Waals surface area contributed by atoms with Crippen molar-refractivity contribution in [3.8, 4) is 0 Å². The largest absolute Gasteiger partial charge is 0.330 e. The minimum Gasteiger partial charge on any atom is -0.330 e. The topological polar surface area (TPSA) is 52.0 Å². The summed E-state index contributed by atoms with van der Waals surface area (Å²) in [6, 6.07) is 7.81. The van der Waals surface area contributed by atoms with E-state index >= 15 is 0 Å². The first-order valence-electron chi connectivity index (χ1n) is 4.95. The van der Waals surface area contributed by atoms with Crippen LogP contribution in [0.15, 0.2) is 24.3 Å². The Morgan fingerprint density at radius 2 is 2.00 bits per heavy atom. The van der Waals surface area contributed by atoms with Gasteiger partial charge in [0, 0.05) is 11.1 Å². The van der Waals surface area contributed by atoms with E-state index in [1.54, 1.807) is 0 Å². The molecule has 86 valence electrons. The SMILES string of the molecule is Cl.NCCCC[C@@H](N)c1cccc(Cl)c1. The van der Waals surface area contributed by atoms with Crippen molar-refractivity contribution in [1.82, 2.24) is 0 Å². The molecule has 1 aromatic rings. The summed E-state index contributed by atoms with van der Waals surface area (Å²) in [6.07, 6.45) is 3.08. The fraction of sp³-hybridized carbons (Fsp3) is 0.455. The third-order valence-electron chi connectivity index (χ3n) is 2.25. The van der Waals surface area contributed by atoms with Gasteiger partial charge in [0.1, 0.15) is 0 Å². The number of hydrogen-bond donors (Lipinski definition) is 2. The molecule has 0 saturated heterocycles. The summed E-state index contributed by atoms with van der Waals surface area (Å²) >= 11 is 5.87. The first-order chi connectivity index (χ1) is 6.74. The summed E-state index contributed by atoms with van der Waals surface area (Å²) in [4.78, 5) is 0. The second-order valence-electron chi connectivity index (χ2n) is 3.45. The first-order valence-corrected chi connectivity index (χ1v) is 5.33. The predicted molar refractivity (Wildman–Crippen MR) is 68.5 cm³/mol. The van der Waals surface area contributed by atoms with Crippen LogP contribution in [0.25, 0.3) is 0 Å². The predicted octanol–water partition coefficient (Wildman–Crippen LogP) is 2.89. The number of unbranched alkanes of at least 4 members (excludes halogenated alkanes) is 1.